The zero-order valence-electron chi connectivity index (χ0n) is 10.2. The van der Waals surface area contributed by atoms with Gasteiger partial charge in [-0.05, 0) is 18.2 Å². The van der Waals surface area contributed by atoms with E-state index in [-0.39, 0.29) is 11.5 Å². The van der Waals surface area contributed by atoms with Crippen LogP contribution in [0.15, 0.2) is 18.2 Å². The maximum Gasteiger partial charge on any atom is 0.213 e. The second kappa shape index (κ2) is 6.90. The van der Waals surface area contributed by atoms with Crippen molar-refractivity contribution in [2.45, 2.75) is 8.06 Å². The second-order valence-electron chi connectivity index (χ2n) is 3.72. The van der Waals surface area contributed by atoms with Crippen LogP contribution in [0.5, 0.6) is 11.5 Å². The summed E-state index contributed by atoms with van der Waals surface area (Å²) in [7, 11) is 3.06. The fraction of sp³-hybridized carbons (Fsp3) is 0.455. The summed E-state index contributed by atoms with van der Waals surface area (Å²) in [6.07, 6.45) is 0. The average molecular weight is 462 g/mol. The molecule has 106 valence electrons. The predicted octanol–water partition coefficient (Wildman–Crippen LogP) is 3.90. The molecule has 0 amide bonds. The number of hydrogen-bond acceptors (Lipinski definition) is 4. The number of rotatable bonds is 5. The van der Waals surface area contributed by atoms with Gasteiger partial charge in [-0.25, -0.2) is 0 Å². The van der Waals surface area contributed by atoms with Crippen LogP contribution < -0.4 is 9.47 Å². The summed E-state index contributed by atoms with van der Waals surface area (Å²) in [5.74, 6) is 0.684. The maximum atomic E-state index is 10.9. The monoisotopic (exact) mass is 459 g/mol. The van der Waals surface area contributed by atoms with Crippen molar-refractivity contribution in [2.24, 2.45) is 0 Å². The van der Waals surface area contributed by atoms with Gasteiger partial charge in [-0.1, -0.05) is 47.8 Å². The molecule has 0 aliphatic rings. The SMILES string of the molecule is COc1ccc(OC)c(C(C[N+](=O)[O-])C(Br)(Br)Br)c1. The van der Waals surface area contributed by atoms with E-state index in [1.54, 1.807) is 18.2 Å². The van der Waals surface area contributed by atoms with Gasteiger partial charge in [0.1, 0.15) is 13.6 Å². The standard InChI is InChI=1S/C11H12Br3NO4/c1-18-7-3-4-10(19-2)8(5-7)9(6-15(16)17)11(12,13)14/h3-5,9H,6H2,1-2H3. The smallest absolute Gasteiger partial charge is 0.213 e. The van der Waals surface area contributed by atoms with E-state index in [1.165, 1.54) is 14.2 Å². The second-order valence-corrected chi connectivity index (χ2v) is 10.7. The van der Waals surface area contributed by atoms with Crippen molar-refractivity contribution >= 4 is 47.8 Å². The Morgan fingerprint density at radius 3 is 2.37 bits per heavy atom. The lowest BCUT2D eigenvalue weighted by atomic mass is 9.99. The molecule has 0 fully saturated rings. The van der Waals surface area contributed by atoms with Crippen LogP contribution in [0.2, 0.25) is 0 Å². The van der Waals surface area contributed by atoms with Crippen LogP contribution in [0.4, 0.5) is 0 Å². The molecule has 1 aromatic carbocycles. The van der Waals surface area contributed by atoms with Gasteiger partial charge in [-0.3, -0.25) is 10.1 Å². The molecule has 0 N–H and O–H groups in total. The Hall–Kier alpha value is -0.340. The third kappa shape index (κ3) is 4.61. The van der Waals surface area contributed by atoms with Crippen LogP contribution >= 0.6 is 47.8 Å². The molecule has 1 aromatic rings. The van der Waals surface area contributed by atoms with Crippen molar-refractivity contribution < 1.29 is 14.4 Å². The first kappa shape index (κ1) is 16.7. The zero-order valence-corrected chi connectivity index (χ0v) is 15.0. The van der Waals surface area contributed by atoms with E-state index in [0.717, 1.165) is 0 Å². The molecule has 8 heteroatoms. The highest BCUT2D eigenvalue weighted by atomic mass is 80.0. The number of nitro groups is 1. The molecule has 1 atom stereocenters. The Bertz CT molecular complexity index is 462. The molecule has 0 radical (unpaired) electrons. The van der Waals surface area contributed by atoms with E-state index >= 15 is 0 Å². The summed E-state index contributed by atoms with van der Waals surface area (Å²) in [6, 6.07) is 5.19. The van der Waals surface area contributed by atoms with E-state index in [9.17, 15) is 10.1 Å². The number of alkyl halides is 3. The van der Waals surface area contributed by atoms with Crippen molar-refractivity contribution in [3.8, 4) is 11.5 Å². The largest absolute Gasteiger partial charge is 0.497 e. The summed E-state index contributed by atoms with van der Waals surface area (Å²) in [5, 5.41) is 10.9. The predicted molar refractivity (Wildman–Crippen MR) is 83.7 cm³/mol. The molecule has 0 saturated heterocycles. The Morgan fingerprint density at radius 2 is 1.95 bits per heavy atom. The van der Waals surface area contributed by atoms with Crippen molar-refractivity contribution in [3.05, 3.63) is 33.9 Å². The topological polar surface area (TPSA) is 61.6 Å². The molecule has 1 rings (SSSR count). The fourth-order valence-electron chi connectivity index (χ4n) is 1.64. The first-order chi connectivity index (χ1) is 8.79. The summed E-state index contributed by atoms with van der Waals surface area (Å²) >= 11 is 10.1. The quantitative estimate of drug-likeness (QED) is 0.379. The third-order valence-corrected chi connectivity index (χ3v) is 4.20. The van der Waals surface area contributed by atoms with Gasteiger partial charge < -0.3 is 9.47 Å². The Morgan fingerprint density at radius 1 is 1.32 bits per heavy atom. The van der Waals surface area contributed by atoms with Gasteiger partial charge in [-0.2, -0.15) is 0 Å². The lowest BCUT2D eigenvalue weighted by Crippen LogP contribution is -2.24. The van der Waals surface area contributed by atoms with Gasteiger partial charge in [0.2, 0.25) is 6.54 Å². The highest BCUT2D eigenvalue weighted by Gasteiger charge is 2.38. The van der Waals surface area contributed by atoms with Gasteiger partial charge in [0, 0.05) is 10.5 Å². The number of benzene rings is 1. The molecular formula is C11H12Br3NO4. The fourth-order valence-corrected chi connectivity index (χ4v) is 2.81. The summed E-state index contributed by atoms with van der Waals surface area (Å²) < 4.78 is 9.61. The zero-order chi connectivity index (χ0) is 14.6. The third-order valence-electron chi connectivity index (χ3n) is 2.54. The number of methoxy groups -OCH3 is 2. The molecular weight excluding hydrogens is 450 g/mol. The van der Waals surface area contributed by atoms with Crippen molar-refractivity contribution in [1.29, 1.82) is 0 Å². The van der Waals surface area contributed by atoms with Crippen molar-refractivity contribution in [2.75, 3.05) is 20.8 Å². The normalized spacial score (nSPS) is 12.9. The summed E-state index contributed by atoms with van der Waals surface area (Å²) in [6.45, 7) is -0.273. The molecule has 0 aliphatic heterocycles. The average Bonchev–Trinajstić information content (AvgIpc) is 2.33. The van der Waals surface area contributed by atoms with Gasteiger partial charge >= 0.3 is 0 Å². The number of hydrogen-bond donors (Lipinski definition) is 0. The van der Waals surface area contributed by atoms with Crippen LogP contribution in [-0.2, 0) is 0 Å². The minimum absolute atomic E-state index is 0.273. The molecule has 5 nitrogen and oxygen atoms in total. The molecule has 0 bridgehead atoms. The molecule has 0 heterocycles. The molecule has 1 unspecified atom stereocenters. The number of nitrogens with zero attached hydrogens (tertiary/aromatic N) is 1. The maximum absolute atomic E-state index is 10.9. The highest BCUT2D eigenvalue weighted by molar-refractivity contribution is 9.39. The van der Waals surface area contributed by atoms with E-state index in [1.807, 2.05) is 0 Å². The highest BCUT2D eigenvalue weighted by Crippen LogP contribution is 2.49. The lowest BCUT2D eigenvalue weighted by molar-refractivity contribution is -0.483. The van der Waals surface area contributed by atoms with Gasteiger partial charge in [0.15, 0.2) is 0 Å². The van der Waals surface area contributed by atoms with Gasteiger partial charge in [0.25, 0.3) is 0 Å². The minimum atomic E-state index is -0.806. The van der Waals surface area contributed by atoms with Crippen LogP contribution in [0.1, 0.15) is 11.5 Å². The Balaban J connectivity index is 3.30. The Kier molecular flexibility index (Phi) is 6.07. The van der Waals surface area contributed by atoms with E-state index in [4.69, 9.17) is 9.47 Å². The van der Waals surface area contributed by atoms with Crippen molar-refractivity contribution in [3.63, 3.8) is 0 Å². The van der Waals surface area contributed by atoms with Crippen LogP contribution in [0.25, 0.3) is 0 Å². The molecule has 0 saturated carbocycles. The van der Waals surface area contributed by atoms with Crippen molar-refractivity contribution in [1.82, 2.24) is 0 Å². The van der Waals surface area contributed by atoms with Crippen LogP contribution in [0, 0.1) is 10.1 Å². The van der Waals surface area contributed by atoms with Gasteiger partial charge in [-0.15, -0.1) is 0 Å². The minimum Gasteiger partial charge on any atom is -0.497 e. The summed E-state index contributed by atoms with van der Waals surface area (Å²) in [4.78, 5) is 10.5. The van der Waals surface area contributed by atoms with Crippen LogP contribution in [-0.4, -0.2) is 27.8 Å². The number of halogens is 3. The first-order valence-electron chi connectivity index (χ1n) is 5.20. The first-order valence-corrected chi connectivity index (χ1v) is 7.58. The van der Waals surface area contributed by atoms with E-state index in [2.05, 4.69) is 47.8 Å². The summed E-state index contributed by atoms with van der Waals surface area (Å²) in [5.41, 5.74) is 0.671. The lowest BCUT2D eigenvalue weighted by Gasteiger charge is -2.24. The molecule has 19 heavy (non-hydrogen) atoms. The number of ether oxygens (including phenoxy) is 2. The van der Waals surface area contributed by atoms with E-state index in [0.29, 0.717) is 17.1 Å². The van der Waals surface area contributed by atoms with Crippen LogP contribution in [0.3, 0.4) is 0 Å². The van der Waals surface area contributed by atoms with Gasteiger partial charge in [0.05, 0.1) is 20.1 Å². The van der Waals surface area contributed by atoms with E-state index < -0.39 is 8.06 Å². The molecule has 0 spiro atoms. The molecule has 0 aliphatic carbocycles. The Labute approximate surface area is 136 Å². The molecule has 0 aromatic heterocycles.